The summed E-state index contributed by atoms with van der Waals surface area (Å²) < 4.78 is 5.74. The molecule has 1 N–H and O–H groups in total. The molecule has 0 saturated heterocycles. The Hall–Kier alpha value is -0.0800. The molecule has 0 aliphatic heterocycles. The van der Waals surface area contributed by atoms with Crippen LogP contribution in [0.3, 0.4) is 0 Å². The summed E-state index contributed by atoms with van der Waals surface area (Å²) in [6.45, 7) is 4.26. The summed E-state index contributed by atoms with van der Waals surface area (Å²) in [4.78, 5) is 0. The van der Waals surface area contributed by atoms with E-state index in [2.05, 4.69) is 6.92 Å². The molecule has 2 nitrogen and oxygen atoms in total. The molecule has 1 saturated carbocycles. The number of rotatable bonds is 19. The van der Waals surface area contributed by atoms with Crippen molar-refractivity contribution in [2.45, 2.75) is 110 Å². The van der Waals surface area contributed by atoms with Crippen LogP contribution in [-0.4, -0.2) is 24.9 Å². The van der Waals surface area contributed by atoms with Gasteiger partial charge in [-0.15, -0.1) is 0 Å². The van der Waals surface area contributed by atoms with Crippen LogP contribution >= 0.6 is 0 Å². The topological polar surface area (TPSA) is 29.5 Å². The van der Waals surface area contributed by atoms with Gasteiger partial charge >= 0.3 is 0 Å². The molecule has 0 aromatic rings. The summed E-state index contributed by atoms with van der Waals surface area (Å²) >= 11 is 0. The van der Waals surface area contributed by atoms with Crippen molar-refractivity contribution in [2.75, 3.05) is 19.8 Å². The molecule has 1 aliphatic rings. The highest BCUT2D eigenvalue weighted by molar-refractivity contribution is 4.80. The van der Waals surface area contributed by atoms with Crippen LogP contribution < -0.4 is 0 Å². The Morgan fingerprint density at radius 1 is 0.750 bits per heavy atom. The Morgan fingerprint density at radius 3 is 1.62 bits per heavy atom. The lowest BCUT2D eigenvalue weighted by Gasteiger charge is -2.13. The molecule has 0 bridgehead atoms. The number of hydrogen-bond acceptors (Lipinski definition) is 2. The lowest BCUT2D eigenvalue weighted by Crippen LogP contribution is -2.16. The van der Waals surface area contributed by atoms with Gasteiger partial charge in [0, 0.05) is 19.1 Å². The molecule has 0 radical (unpaired) electrons. The maximum Gasteiger partial charge on any atom is 0.0518 e. The van der Waals surface area contributed by atoms with Gasteiger partial charge in [-0.25, -0.2) is 0 Å². The van der Waals surface area contributed by atoms with E-state index in [4.69, 9.17) is 4.74 Å². The van der Waals surface area contributed by atoms with Gasteiger partial charge in [0.15, 0.2) is 0 Å². The van der Waals surface area contributed by atoms with Crippen LogP contribution in [0.4, 0.5) is 0 Å². The zero-order valence-corrected chi connectivity index (χ0v) is 16.4. The minimum absolute atomic E-state index is 0.309. The van der Waals surface area contributed by atoms with Crippen molar-refractivity contribution in [3.63, 3.8) is 0 Å². The minimum Gasteiger partial charge on any atom is -0.396 e. The van der Waals surface area contributed by atoms with Gasteiger partial charge < -0.3 is 9.84 Å². The van der Waals surface area contributed by atoms with E-state index in [9.17, 15) is 5.11 Å². The van der Waals surface area contributed by atoms with Gasteiger partial charge in [0.25, 0.3) is 0 Å². The fourth-order valence-corrected chi connectivity index (χ4v) is 3.54. The number of unbranched alkanes of at least 4 members (excludes halogenated alkanes) is 13. The predicted molar refractivity (Wildman–Crippen MR) is 104 cm³/mol. The second kappa shape index (κ2) is 16.4. The van der Waals surface area contributed by atoms with E-state index in [0.717, 1.165) is 19.1 Å². The van der Waals surface area contributed by atoms with Gasteiger partial charge in [0.1, 0.15) is 0 Å². The number of ether oxygens (including phenoxy) is 1. The van der Waals surface area contributed by atoms with E-state index in [1.165, 1.54) is 103 Å². The third kappa shape index (κ3) is 13.2. The summed E-state index contributed by atoms with van der Waals surface area (Å²) in [6.07, 6.45) is 22.2. The van der Waals surface area contributed by atoms with Crippen molar-refractivity contribution in [1.29, 1.82) is 0 Å². The van der Waals surface area contributed by atoms with Gasteiger partial charge in [-0.05, 0) is 25.2 Å². The van der Waals surface area contributed by atoms with Crippen LogP contribution in [-0.2, 0) is 4.74 Å². The average Bonchev–Trinajstić information content (AvgIpc) is 3.43. The number of aliphatic hydroxyl groups is 1. The summed E-state index contributed by atoms with van der Waals surface area (Å²) in [5.41, 5.74) is 0. The zero-order valence-electron chi connectivity index (χ0n) is 16.4. The van der Waals surface area contributed by atoms with Crippen LogP contribution in [0.2, 0.25) is 0 Å². The first-order chi connectivity index (χ1) is 11.9. The fourth-order valence-electron chi connectivity index (χ4n) is 3.54. The molecule has 1 aliphatic carbocycles. The van der Waals surface area contributed by atoms with Gasteiger partial charge in [0.05, 0.1) is 6.61 Å². The third-order valence-electron chi connectivity index (χ3n) is 5.50. The first-order valence-corrected chi connectivity index (χ1v) is 11.1. The molecule has 24 heavy (non-hydrogen) atoms. The summed E-state index contributed by atoms with van der Waals surface area (Å²) in [7, 11) is 0. The molecule has 1 unspecified atom stereocenters. The van der Waals surface area contributed by atoms with E-state index in [0.29, 0.717) is 12.5 Å². The number of aliphatic hydroxyl groups excluding tert-OH is 1. The lowest BCUT2D eigenvalue weighted by atomic mass is 10.0. The van der Waals surface area contributed by atoms with E-state index in [1.807, 2.05) is 0 Å². The molecule has 144 valence electrons. The molecule has 2 heteroatoms. The van der Waals surface area contributed by atoms with Crippen LogP contribution in [0.25, 0.3) is 0 Å². The van der Waals surface area contributed by atoms with E-state index in [-0.39, 0.29) is 0 Å². The molecule has 0 spiro atoms. The van der Waals surface area contributed by atoms with Crippen molar-refractivity contribution < 1.29 is 9.84 Å². The second-order valence-electron chi connectivity index (χ2n) is 7.95. The highest BCUT2D eigenvalue weighted by atomic mass is 16.5. The van der Waals surface area contributed by atoms with Crippen molar-refractivity contribution in [3.8, 4) is 0 Å². The Kier molecular flexibility index (Phi) is 15.0. The first kappa shape index (κ1) is 22.0. The monoisotopic (exact) mass is 340 g/mol. The van der Waals surface area contributed by atoms with Gasteiger partial charge in [-0.2, -0.15) is 0 Å². The van der Waals surface area contributed by atoms with Crippen molar-refractivity contribution in [2.24, 2.45) is 11.8 Å². The van der Waals surface area contributed by atoms with Crippen LogP contribution in [0.5, 0.6) is 0 Å². The van der Waals surface area contributed by atoms with Crippen LogP contribution in [0.15, 0.2) is 0 Å². The van der Waals surface area contributed by atoms with E-state index >= 15 is 0 Å². The molecule has 0 heterocycles. The third-order valence-corrected chi connectivity index (χ3v) is 5.50. The lowest BCUT2D eigenvalue weighted by molar-refractivity contribution is 0.0619. The smallest absolute Gasteiger partial charge is 0.0518 e. The van der Waals surface area contributed by atoms with Crippen molar-refractivity contribution in [1.82, 2.24) is 0 Å². The number of hydrogen-bond donors (Lipinski definition) is 1. The molecule has 0 aromatic heterocycles. The standard InChI is InChI=1S/C22H44O2/c1-2-3-4-5-6-7-8-9-10-11-12-13-14-15-18-24-20-22(19-23)21-16-17-21/h21-23H,2-20H2,1H3. The normalized spacial score (nSPS) is 15.8. The minimum atomic E-state index is 0.309. The largest absolute Gasteiger partial charge is 0.396 e. The fraction of sp³-hybridized carbons (Fsp3) is 1.00. The molecular weight excluding hydrogens is 296 g/mol. The van der Waals surface area contributed by atoms with Gasteiger partial charge in [-0.3, -0.25) is 0 Å². The Balaban J connectivity index is 1.67. The highest BCUT2D eigenvalue weighted by Gasteiger charge is 2.30. The summed E-state index contributed by atoms with van der Waals surface area (Å²) in [6, 6.07) is 0. The van der Waals surface area contributed by atoms with E-state index in [1.54, 1.807) is 0 Å². The summed E-state index contributed by atoms with van der Waals surface area (Å²) in [5, 5.41) is 9.28. The molecule has 1 atom stereocenters. The quantitative estimate of drug-likeness (QED) is 0.272. The maximum atomic E-state index is 9.28. The van der Waals surface area contributed by atoms with Crippen LogP contribution in [0.1, 0.15) is 110 Å². The van der Waals surface area contributed by atoms with E-state index < -0.39 is 0 Å². The second-order valence-corrected chi connectivity index (χ2v) is 7.95. The maximum absolute atomic E-state index is 9.28. The Morgan fingerprint density at radius 2 is 1.21 bits per heavy atom. The van der Waals surface area contributed by atoms with Gasteiger partial charge in [-0.1, -0.05) is 90.4 Å². The molecule has 0 aromatic carbocycles. The van der Waals surface area contributed by atoms with Crippen molar-refractivity contribution in [3.05, 3.63) is 0 Å². The molecule has 1 fully saturated rings. The predicted octanol–water partition coefficient (Wildman–Crippen LogP) is 6.50. The molecule has 1 rings (SSSR count). The zero-order chi connectivity index (χ0) is 17.3. The first-order valence-electron chi connectivity index (χ1n) is 11.1. The van der Waals surface area contributed by atoms with Crippen LogP contribution in [0, 0.1) is 11.8 Å². The average molecular weight is 341 g/mol. The van der Waals surface area contributed by atoms with Crippen molar-refractivity contribution >= 4 is 0 Å². The SMILES string of the molecule is CCCCCCCCCCCCCCCCOCC(CO)C1CC1. The molecule has 0 amide bonds. The highest BCUT2D eigenvalue weighted by Crippen LogP contribution is 2.36. The van der Waals surface area contributed by atoms with Gasteiger partial charge in [0.2, 0.25) is 0 Å². The molecular formula is C22H44O2. The Bertz CT molecular complexity index is 250. The summed E-state index contributed by atoms with van der Waals surface area (Å²) in [5.74, 6) is 1.17. The Labute approximate surface area is 151 Å².